The molecule has 3 heteroatoms. The number of ketones is 1. The number of carbonyl (C=O) groups is 2. The molecule has 0 aliphatic carbocycles. The Bertz CT molecular complexity index is 224. The molecule has 0 aromatic rings. The molecule has 0 rings (SSSR count). The summed E-state index contributed by atoms with van der Waals surface area (Å²) in [5.74, 6) is 0.209. The number of hydrogen-bond acceptors (Lipinski definition) is 3. The van der Waals surface area contributed by atoms with E-state index in [-0.39, 0.29) is 5.97 Å². The molecule has 0 N–H and O–H groups in total. The lowest BCUT2D eigenvalue weighted by Crippen LogP contribution is -2.06. The van der Waals surface area contributed by atoms with E-state index < -0.39 is 0 Å². The molecular weight excluding hydrogens is 228 g/mol. The molecule has 0 spiro atoms. The smallest absolute Gasteiger partial charge is 0.305 e. The van der Waals surface area contributed by atoms with Gasteiger partial charge < -0.3 is 4.74 Å². The van der Waals surface area contributed by atoms with Gasteiger partial charge in [0.15, 0.2) is 0 Å². The summed E-state index contributed by atoms with van der Waals surface area (Å²) in [6.07, 6.45) is 8.59. The van der Waals surface area contributed by atoms with E-state index in [1.807, 2.05) is 0 Å². The molecule has 18 heavy (non-hydrogen) atoms. The molecule has 0 aromatic carbocycles. The van der Waals surface area contributed by atoms with E-state index in [9.17, 15) is 9.59 Å². The van der Waals surface area contributed by atoms with Crippen molar-refractivity contribution < 1.29 is 14.3 Å². The van der Waals surface area contributed by atoms with Crippen LogP contribution in [0.2, 0.25) is 0 Å². The average Bonchev–Trinajstić information content (AvgIpc) is 2.37. The van der Waals surface area contributed by atoms with Crippen molar-refractivity contribution >= 4 is 11.8 Å². The molecule has 0 aromatic heterocycles. The maximum atomic E-state index is 11.4. The SMILES string of the molecule is CCCCCOC(=O)CCCCC(=O)CCCC. The van der Waals surface area contributed by atoms with Crippen LogP contribution in [0.25, 0.3) is 0 Å². The largest absolute Gasteiger partial charge is 0.466 e. The standard InChI is InChI=1S/C15H28O3/c1-3-5-9-13-18-15(17)12-8-7-11-14(16)10-6-4-2/h3-13H2,1-2H3. The minimum Gasteiger partial charge on any atom is -0.466 e. The van der Waals surface area contributed by atoms with Gasteiger partial charge in [0.2, 0.25) is 0 Å². The van der Waals surface area contributed by atoms with E-state index in [1.54, 1.807) is 0 Å². The predicted molar refractivity (Wildman–Crippen MR) is 73.5 cm³/mol. The van der Waals surface area contributed by atoms with Gasteiger partial charge in [0.25, 0.3) is 0 Å². The molecule has 106 valence electrons. The highest BCUT2D eigenvalue weighted by atomic mass is 16.5. The Balaban J connectivity index is 3.31. The Morgan fingerprint density at radius 1 is 0.778 bits per heavy atom. The van der Waals surface area contributed by atoms with Crippen LogP contribution in [0.15, 0.2) is 0 Å². The Kier molecular flexibility index (Phi) is 12.0. The van der Waals surface area contributed by atoms with Crippen LogP contribution in [-0.4, -0.2) is 18.4 Å². The third-order valence-corrected chi connectivity index (χ3v) is 2.91. The first kappa shape index (κ1) is 17.1. The molecule has 0 aliphatic heterocycles. The number of Topliss-reactive ketones (excluding diaryl/α,β-unsaturated/α-hetero) is 1. The van der Waals surface area contributed by atoms with E-state index in [2.05, 4.69) is 13.8 Å². The summed E-state index contributed by atoms with van der Waals surface area (Å²) in [5.41, 5.74) is 0. The highest BCUT2D eigenvalue weighted by molar-refractivity contribution is 5.78. The topological polar surface area (TPSA) is 43.4 Å². The van der Waals surface area contributed by atoms with Gasteiger partial charge in [0.1, 0.15) is 5.78 Å². The maximum absolute atomic E-state index is 11.4. The molecule has 0 atom stereocenters. The van der Waals surface area contributed by atoms with Crippen LogP contribution in [0.4, 0.5) is 0 Å². The first-order valence-corrected chi connectivity index (χ1v) is 7.38. The lowest BCUT2D eigenvalue weighted by Gasteiger charge is -2.04. The fraction of sp³-hybridized carbons (Fsp3) is 0.867. The summed E-state index contributed by atoms with van der Waals surface area (Å²) in [6, 6.07) is 0. The molecule has 0 unspecified atom stereocenters. The summed E-state index contributed by atoms with van der Waals surface area (Å²) in [4.78, 5) is 22.7. The molecule has 0 amide bonds. The van der Waals surface area contributed by atoms with Crippen LogP contribution in [0, 0.1) is 0 Å². The number of rotatable bonds is 12. The molecule has 0 heterocycles. The third kappa shape index (κ3) is 11.6. The number of carbonyl (C=O) groups excluding carboxylic acids is 2. The van der Waals surface area contributed by atoms with E-state index in [0.29, 0.717) is 31.7 Å². The number of ether oxygens (including phenoxy) is 1. The third-order valence-electron chi connectivity index (χ3n) is 2.91. The van der Waals surface area contributed by atoms with E-state index >= 15 is 0 Å². The summed E-state index contributed by atoms with van der Waals surface area (Å²) in [7, 11) is 0. The minimum absolute atomic E-state index is 0.118. The van der Waals surface area contributed by atoms with Crippen molar-refractivity contribution in [2.45, 2.75) is 78.1 Å². The molecule has 0 fully saturated rings. The highest BCUT2D eigenvalue weighted by Crippen LogP contribution is 2.06. The summed E-state index contributed by atoms with van der Waals surface area (Å²) in [5, 5.41) is 0. The first-order valence-electron chi connectivity index (χ1n) is 7.38. The zero-order chi connectivity index (χ0) is 13.6. The predicted octanol–water partition coefficient (Wildman–Crippen LogP) is 4.04. The van der Waals surface area contributed by atoms with Gasteiger partial charge in [-0.15, -0.1) is 0 Å². The van der Waals surface area contributed by atoms with Gasteiger partial charge in [-0.2, -0.15) is 0 Å². The second kappa shape index (κ2) is 12.6. The van der Waals surface area contributed by atoms with E-state index in [0.717, 1.165) is 44.9 Å². The molecule has 0 bridgehead atoms. The average molecular weight is 256 g/mol. The number of unbranched alkanes of at least 4 members (excludes halogenated alkanes) is 4. The van der Waals surface area contributed by atoms with Crippen LogP contribution in [0.1, 0.15) is 78.1 Å². The monoisotopic (exact) mass is 256 g/mol. The number of esters is 1. The van der Waals surface area contributed by atoms with Gasteiger partial charge in [0.05, 0.1) is 6.61 Å². The van der Waals surface area contributed by atoms with Gasteiger partial charge in [-0.05, 0) is 25.7 Å². The minimum atomic E-state index is -0.118. The lowest BCUT2D eigenvalue weighted by molar-refractivity contribution is -0.144. The first-order chi connectivity index (χ1) is 8.70. The maximum Gasteiger partial charge on any atom is 0.305 e. The molecule has 0 saturated carbocycles. The van der Waals surface area contributed by atoms with Crippen molar-refractivity contribution in [1.82, 2.24) is 0 Å². The Labute approximate surface area is 111 Å². The summed E-state index contributed by atoms with van der Waals surface area (Å²) >= 11 is 0. The molecule has 0 saturated heterocycles. The lowest BCUT2D eigenvalue weighted by atomic mass is 10.1. The fourth-order valence-corrected chi connectivity index (χ4v) is 1.70. The van der Waals surface area contributed by atoms with Crippen molar-refractivity contribution in [3.05, 3.63) is 0 Å². The second-order valence-electron chi connectivity index (χ2n) is 4.78. The van der Waals surface area contributed by atoms with Gasteiger partial charge in [-0.1, -0.05) is 33.1 Å². The van der Waals surface area contributed by atoms with Crippen molar-refractivity contribution in [2.75, 3.05) is 6.61 Å². The van der Waals surface area contributed by atoms with Gasteiger partial charge >= 0.3 is 5.97 Å². The highest BCUT2D eigenvalue weighted by Gasteiger charge is 2.04. The van der Waals surface area contributed by atoms with Crippen LogP contribution in [-0.2, 0) is 14.3 Å². The molecule has 3 nitrogen and oxygen atoms in total. The summed E-state index contributed by atoms with van der Waals surface area (Å²) in [6.45, 7) is 4.75. The molecule has 0 aliphatic rings. The van der Waals surface area contributed by atoms with Crippen LogP contribution in [0.3, 0.4) is 0 Å². The van der Waals surface area contributed by atoms with Crippen molar-refractivity contribution in [3.63, 3.8) is 0 Å². The van der Waals surface area contributed by atoms with Crippen LogP contribution < -0.4 is 0 Å². The van der Waals surface area contributed by atoms with Crippen molar-refractivity contribution in [3.8, 4) is 0 Å². The zero-order valence-corrected chi connectivity index (χ0v) is 12.0. The quantitative estimate of drug-likeness (QED) is 0.391. The molecular formula is C15H28O3. The summed E-state index contributed by atoms with van der Waals surface area (Å²) < 4.78 is 5.09. The van der Waals surface area contributed by atoms with Gasteiger partial charge in [-0.25, -0.2) is 0 Å². The number of hydrogen-bond donors (Lipinski definition) is 0. The van der Waals surface area contributed by atoms with Crippen LogP contribution in [0.5, 0.6) is 0 Å². The molecule has 0 radical (unpaired) electrons. The van der Waals surface area contributed by atoms with Gasteiger partial charge in [0, 0.05) is 19.3 Å². The van der Waals surface area contributed by atoms with Crippen molar-refractivity contribution in [2.24, 2.45) is 0 Å². The Morgan fingerprint density at radius 2 is 1.39 bits per heavy atom. The van der Waals surface area contributed by atoms with E-state index in [1.165, 1.54) is 0 Å². The Morgan fingerprint density at radius 3 is 2.06 bits per heavy atom. The van der Waals surface area contributed by atoms with E-state index in [4.69, 9.17) is 4.74 Å². The van der Waals surface area contributed by atoms with Crippen LogP contribution >= 0.6 is 0 Å². The van der Waals surface area contributed by atoms with Gasteiger partial charge in [-0.3, -0.25) is 9.59 Å². The normalized spacial score (nSPS) is 10.3. The van der Waals surface area contributed by atoms with Crippen molar-refractivity contribution in [1.29, 1.82) is 0 Å². The Hall–Kier alpha value is -0.860. The second-order valence-corrected chi connectivity index (χ2v) is 4.78. The fourth-order valence-electron chi connectivity index (χ4n) is 1.70. The zero-order valence-electron chi connectivity index (χ0n) is 12.0.